The first-order valence-corrected chi connectivity index (χ1v) is 11.6. The molecule has 1 aromatic carbocycles. The molecular formula is C19H18BrN3O2S3. The van der Waals surface area contributed by atoms with E-state index in [-0.39, 0.29) is 11.8 Å². The van der Waals surface area contributed by atoms with Gasteiger partial charge in [-0.25, -0.2) is 4.98 Å². The molecule has 5 nitrogen and oxygen atoms in total. The number of carbonyl (C=O) groups excluding carboxylic acids is 2. The second-order valence-corrected chi connectivity index (χ2v) is 9.57. The van der Waals surface area contributed by atoms with Gasteiger partial charge in [-0.3, -0.25) is 14.5 Å². The molecule has 9 heteroatoms. The number of rotatable bonds is 8. The summed E-state index contributed by atoms with van der Waals surface area (Å²) in [5.74, 6) is -0.0718. The Bertz CT molecular complexity index is 882. The van der Waals surface area contributed by atoms with Crippen LogP contribution in [-0.4, -0.2) is 32.6 Å². The Morgan fingerprint density at radius 3 is 2.75 bits per heavy atom. The molecule has 1 aliphatic heterocycles. The zero-order chi connectivity index (χ0) is 19.9. The molecule has 0 saturated carbocycles. The number of anilines is 1. The maximum absolute atomic E-state index is 12.6. The fourth-order valence-corrected chi connectivity index (χ4v) is 4.72. The fraction of sp³-hybridized carbons (Fsp3) is 0.263. The molecule has 28 heavy (non-hydrogen) atoms. The Morgan fingerprint density at radius 2 is 2.04 bits per heavy atom. The SMILES string of the molecule is O=C(CCCCCN1C(=O)/C(=C\c2ccc(Br)cc2)SC1=S)Nc1nccs1. The van der Waals surface area contributed by atoms with Crippen LogP contribution in [0.15, 0.2) is 45.2 Å². The molecule has 0 bridgehead atoms. The Kier molecular flexibility index (Phi) is 7.78. The summed E-state index contributed by atoms with van der Waals surface area (Å²) in [7, 11) is 0. The molecule has 0 spiro atoms. The number of halogens is 1. The van der Waals surface area contributed by atoms with Crippen molar-refractivity contribution in [3.63, 3.8) is 0 Å². The number of aromatic nitrogens is 1. The predicted octanol–water partition coefficient (Wildman–Crippen LogP) is 5.31. The van der Waals surface area contributed by atoms with Gasteiger partial charge >= 0.3 is 0 Å². The molecule has 1 fully saturated rings. The molecule has 0 unspecified atom stereocenters. The van der Waals surface area contributed by atoms with Gasteiger partial charge in [-0.05, 0) is 36.6 Å². The predicted molar refractivity (Wildman–Crippen MR) is 123 cm³/mol. The third kappa shape index (κ3) is 5.97. The Hall–Kier alpha value is -1.55. The lowest BCUT2D eigenvalue weighted by atomic mass is 10.2. The van der Waals surface area contributed by atoms with Crippen LogP contribution in [0.2, 0.25) is 0 Å². The molecule has 146 valence electrons. The van der Waals surface area contributed by atoms with Crippen LogP contribution in [0.25, 0.3) is 6.08 Å². The summed E-state index contributed by atoms with van der Waals surface area (Å²) in [6.07, 6.45) is 6.40. The Balaban J connectivity index is 1.42. The van der Waals surface area contributed by atoms with Crippen LogP contribution < -0.4 is 5.32 Å². The quantitative estimate of drug-likeness (QED) is 0.305. The number of benzene rings is 1. The second-order valence-electron chi connectivity index (χ2n) is 6.08. The van der Waals surface area contributed by atoms with E-state index in [1.807, 2.05) is 35.7 Å². The van der Waals surface area contributed by atoms with Gasteiger partial charge in [-0.15, -0.1) is 11.3 Å². The topological polar surface area (TPSA) is 62.3 Å². The van der Waals surface area contributed by atoms with E-state index in [0.717, 1.165) is 29.3 Å². The number of thiazole rings is 1. The molecule has 1 N–H and O–H groups in total. The third-order valence-electron chi connectivity index (χ3n) is 4.01. The minimum absolute atomic E-state index is 0.0296. The van der Waals surface area contributed by atoms with Crippen molar-refractivity contribution in [3.8, 4) is 0 Å². The molecule has 1 aromatic heterocycles. The number of nitrogens with zero attached hydrogens (tertiary/aromatic N) is 2. The summed E-state index contributed by atoms with van der Waals surface area (Å²) in [4.78, 5) is 30.8. The maximum atomic E-state index is 12.6. The highest BCUT2D eigenvalue weighted by molar-refractivity contribution is 9.10. The molecule has 2 heterocycles. The van der Waals surface area contributed by atoms with Crippen molar-refractivity contribution < 1.29 is 9.59 Å². The smallest absolute Gasteiger partial charge is 0.266 e. The summed E-state index contributed by atoms with van der Waals surface area (Å²) in [6.45, 7) is 0.580. The van der Waals surface area contributed by atoms with Gasteiger partial charge in [0.1, 0.15) is 4.32 Å². The molecule has 0 radical (unpaired) electrons. The number of thioether (sulfide) groups is 1. The lowest BCUT2D eigenvalue weighted by Gasteiger charge is -2.14. The fourth-order valence-electron chi connectivity index (χ4n) is 2.60. The number of hydrogen-bond donors (Lipinski definition) is 1. The molecule has 2 amide bonds. The summed E-state index contributed by atoms with van der Waals surface area (Å²) in [5.41, 5.74) is 0.968. The van der Waals surface area contributed by atoms with Crippen molar-refractivity contribution in [3.05, 3.63) is 50.8 Å². The van der Waals surface area contributed by atoms with Gasteiger partial charge in [0.15, 0.2) is 5.13 Å². The monoisotopic (exact) mass is 495 g/mol. The van der Waals surface area contributed by atoms with Crippen molar-refractivity contribution in [2.45, 2.75) is 25.7 Å². The highest BCUT2D eigenvalue weighted by atomic mass is 79.9. The number of carbonyl (C=O) groups is 2. The molecule has 3 rings (SSSR count). The van der Waals surface area contributed by atoms with E-state index in [1.54, 1.807) is 11.1 Å². The molecule has 2 aromatic rings. The zero-order valence-electron chi connectivity index (χ0n) is 14.9. The summed E-state index contributed by atoms with van der Waals surface area (Å²) < 4.78 is 1.59. The van der Waals surface area contributed by atoms with Crippen molar-refractivity contribution in [1.82, 2.24) is 9.88 Å². The van der Waals surface area contributed by atoms with Crippen LogP contribution in [0.4, 0.5) is 5.13 Å². The molecular weight excluding hydrogens is 478 g/mol. The van der Waals surface area contributed by atoms with E-state index in [9.17, 15) is 9.59 Å². The molecule has 0 atom stereocenters. The van der Waals surface area contributed by atoms with Gasteiger partial charge in [0.05, 0.1) is 4.91 Å². The second kappa shape index (κ2) is 10.3. The van der Waals surface area contributed by atoms with Crippen LogP contribution in [0.5, 0.6) is 0 Å². The average Bonchev–Trinajstić information content (AvgIpc) is 3.26. The van der Waals surface area contributed by atoms with E-state index in [0.29, 0.717) is 27.3 Å². The van der Waals surface area contributed by atoms with Gasteiger partial charge in [-0.1, -0.05) is 58.5 Å². The number of nitrogens with one attached hydrogen (secondary N) is 1. The van der Waals surface area contributed by atoms with Gasteiger partial charge in [0.2, 0.25) is 5.91 Å². The zero-order valence-corrected chi connectivity index (χ0v) is 18.9. The van der Waals surface area contributed by atoms with E-state index in [1.165, 1.54) is 23.1 Å². The van der Waals surface area contributed by atoms with Crippen LogP contribution in [-0.2, 0) is 9.59 Å². The standard InChI is InChI=1S/C19H18BrN3O2S3/c20-14-7-5-13(6-8-14)12-15-17(25)23(19(26)28-15)10-3-1-2-4-16(24)22-18-21-9-11-27-18/h5-9,11-12H,1-4,10H2,(H,21,22,24)/b15-12+. The van der Waals surface area contributed by atoms with E-state index >= 15 is 0 Å². The number of thiocarbonyl (C=S) groups is 1. The number of unbranched alkanes of at least 4 members (excludes halogenated alkanes) is 2. The lowest BCUT2D eigenvalue weighted by molar-refractivity contribution is -0.122. The number of amides is 2. The first-order chi connectivity index (χ1) is 13.5. The first-order valence-electron chi connectivity index (χ1n) is 8.73. The first kappa shape index (κ1) is 21.2. The van der Waals surface area contributed by atoms with Gasteiger partial charge in [0, 0.05) is 29.0 Å². The van der Waals surface area contributed by atoms with E-state index in [4.69, 9.17) is 12.2 Å². The van der Waals surface area contributed by atoms with Crippen LogP contribution in [0.1, 0.15) is 31.2 Å². The minimum atomic E-state index is -0.0422. The molecule has 1 aliphatic rings. The van der Waals surface area contributed by atoms with Crippen LogP contribution >= 0.6 is 51.2 Å². The van der Waals surface area contributed by atoms with Crippen LogP contribution in [0, 0.1) is 0 Å². The summed E-state index contributed by atoms with van der Waals surface area (Å²) in [6, 6.07) is 7.79. The van der Waals surface area contributed by atoms with Gasteiger partial charge < -0.3 is 5.32 Å². The minimum Gasteiger partial charge on any atom is -0.302 e. The average molecular weight is 496 g/mol. The van der Waals surface area contributed by atoms with E-state index in [2.05, 4.69) is 26.2 Å². The van der Waals surface area contributed by atoms with Gasteiger partial charge in [0.25, 0.3) is 5.91 Å². The highest BCUT2D eigenvalue weighted by Crippen LogP contribution is 2.33. The van der Waals surface area contributed by atoms with Crippen molar-refractivity contribution in [1.29, 1.82) is 0 Å². The Labute approximate surface area is 185 Å². The Morgan fingerprint density at radius 1 is 1.25 bits per heavy atom. The molecule has 0 aliphatic carbocycles. The normalized spacial score (nSPS) is 15.5. The largest absolute Gasteiger partial charge is 0.302 e. The van der Waals surface area contributed by atoms with Crippen molar-refractivity contribution >= 4 is 78.6 Å². The maximum Gasteiger partial charge on any atom is 0.266 e. The van der Waals surface area contributed by atoms with Crippen molar-refractivity contribution in [2.75, 3.05) is 11.9 Å². The van der Waals surface area contributed by atoms with Crippen molar-refractivity contribution in [2.24, 2.45) is 0 Å². The highest BCUT2D eigenvalue weighted by Gasteiger charge is 2.31. The molecule has 1 saturated heterocycles. The van der Waals surface area contributed by atoms with E-state index < -0.39 is 0 Å². The van der Waals surface area contributed by atoms with Gasteiger partial charge in [-0.2, -0.15) is 0 Å². The third-order valence-corrected chi connectivity index (χ3v) is 6.60. The van der Waals surface area contributed by atoms with Crippen LogP contribution in [0.3, 0.4) is 0 Å². The lowest BCUT2D eigenvalue weighted by Crippen LogP contribution is -2.29. The summed E-state index contributed by atoms with van der Waals surface area (Å²) >= 11 is 11.5. The summed E-state index contributed by atoms with van der Waals surface area (Å²) in [5, 5.41) is 5.22. The number of hydrogen-bond acceptors (Lipinski definition) is 6.